The number of phenols is 1. The van der Waals surface area contributed by atoms with Gasteiger partial charge in [0, 0.05) is 0 Å². The Morgan fingerprint density at radius 1 is 1.36 bits per heavy atom. The standard InChI is InChI=1S/C8H9N2O/c9-8(10)5-6-1-3-7(11)4-2-6/h1-5,11H,(H3,9,10). The van der Waals surface area contributed by atoms with E-state index in [-0.39, 0.29) is 11.6 Å². The van der Waals surface area contributed by atoms with E-state index in [1.54, 1.807) is 24.3 Å². The molecule has 11 heavy (non-hydrogen) atoms. The maximum Gasteiger partial charge on any atom is 0.115 e. The van der Waals surface area contributed by atoms with E-state index in [0.717, 1.165) is 5.56 Å². The molecule has 0 aliphatic heterocycles. The van der Waals surface area contributed by atoms with E-state index in [0.29, 0.717) is 0 Å². The molecule has 0 unspecified atom stereocenters. The number of rotatable bonds is 2. The van der Waals surface area contributed by atoms with Gasteiger partial charge in [-0.1, -0.05) is 12.1 Å². The lowest BCUT2D eigenvalue weighted by atomic mass is 10.1. The largest absolute Gasteiger partial charge is 0.508 e. The van der Waals surface area contributed by atoms with Crippen molar-refractivity contribution >= 4 is 5.84 Å². The third-order valence-corrected chi connectivity index (χ3v) is 1.22. The van der Waals surface area contributed by atoms with Gasteiger partial charge in [0.1, 0.15) is 5.75 Å². The molecule has 0 amide bonds. The molecule has 3 heteroatoms. The summed E-state index contributed by atoms with van der Waals surface area (Å²) in [7, 11) is 0. The Labute approximate surface area is 65.0 Å². The number of aromatic hydroxyl groups is 1. The molecule has 0 aliphatic rings. The SMILES string of the molecule is N=C(N)[CH]c1ccc(O)cc1. The summed E-state index contributed by atoms with van der Waals surface area (Å²) in [6, 6.07) is 6.48. The molecule has 1 aromatic rings. The number of hydrogen-bond donors (Lipinski definition) is 3. The van der Waals surface area contributed by atoms with Crippen LogP contribution in [0.5, 0.6) is 5.75 Å². The minimum Gasteiger partial charge on any atom is -0.508 e. The minimum atomic E-state index is 0.00990. The quantitative estimate of drug-likeness (QED) is 0.431. The molecule has 3 nitrogen and oxygen atoms in total. The Bertz CT molecular complexity index is 253. The first-order valence-corrected chi connectivity index (χ1v) is 3.16. The highest BCUT2D eigenvalue weighted by molar-refractivity contribution is 5.89. The fourth-order valence-electron chi connectivity index (χ4n) is 0.750. The lowest BCUT2D eigenvalue weighted by Crippen LogP contribution is -2.10. The van der Waals surface area contributed by atoms with Crippen LogP contribution < -0.4 is 5.73 Å². The Kier molecular flexibility index (Phi) is 2.11. The molecule has 1 radical (unpaired) electrons. The number of amidine groups is 1. The van der Waals surface area contributed by atoms with Gasteiger partial charge in [0.2, 0.25) is 0 Å². The molecule has 4 N–H and O–H groups in total. The summed E-state index contributed by atoms with van der Waals surface area (Å²) in [5, 5.41) is 15.8. The second-order valence-corrected chi connectivity index (χ2v) is 2.19. The number of benzene rings is 1. The fourth-order valence-corrected chi connectivity index (χ4v) is 0.750. The summed E-state index contributed by atoms with van der Waals surface area (Å²) >= 11 is 0. The maximum absolute atomic E-state index is 8.89. The van der Waals surface area contributed by atoms with Gasteiger partial charge in [-0.2, -0.15) is 0 Å². The molecule has 0 atom stereocenters. The molecular weight excluding hydrogens is 140 g/mol. The first kappa shape index (κ1) is 7.60. The predicted octanol–water partition coefficient (Wildman–Crippen LogP) is 0.881. The van der Waals surface area contributed by atoms with Crippen molar-refractivity contribution in [1.82, 2.24) is 0 Å². The number of hydrogen-bond acceptors (Lipinski definition) is 2. The molecule has 57 valence electrons. The van der Waals surface area contributed by atoms with Crippen LogP contribution in [0.2, 0.25) is 0 Å². The van der Waals surface area contributed by atoms with E-state index in [9.17, 15) is 0 Å². The molecule has 0 spiro atoms. The van der Waals surface area contributed by atoms with Gasteiger partial charge in [-0.3, -0.25) is 5.41 Å². The number of nitrogens with one attached hydrogen (secondary N) is 1. The Balaban J connectivity index is 2.74. The zero-order valence-corrected chi connectivity index (χ0v) is 5.91. The van der Waals surface area contributed by atoms with Crippen LogP contribution in [0.25, 0.3) is 0 Å². The molecular formula is C8H9N2O. The van der Waals surface area contributed by atoms with E-state index in [1.807, 2.05) is 0 Å². The van der Waals surface area contributed by atoms with Crippen LogP contribution in [0.4, 0.5) is 0 Å². The van der Waals surface area contributed by atoms with Crippen molar-refractivity contribution in [3.05, 3.63) is 36.2 Å². The van der Waals surface area contributed by atoms with E-state index in [1.165, 1.54) is 6.42 Å². The highest BCUT2D eigenvalue weighted by Gasteiger charge is 1.94. The van der Waals surface area contributed by atoms with Crippen LogP contribution in [-0.2, 0) is 0 Å². The molecule has 0 fully saturated rings. The van der Waals surface area contributed by atoms with Crippen molar-refractivity contribution in [3.8, 4) is 5.75 Å². The molecule has 0 saturated carbocycles. The van der Waals surface area contributed by atoms with Crippen molar-refractivity contribution in [1.29, 1.82) is 5.41 Å². The van der Waals surface area contributed by atoms with Crippen LogP contribution in [0.3, 0.4) is 0 Å². The van der Waals surface area contributed by atoms with Gasteiger partial charge < -0.3 is 10.8 Å². The van der Waals surface area contributed by atoms with Crippen LogP contribution in [-0.4, -0.2) is 10.9 Å². The van der Waals surface area contributed by atoms with Gasteiger partial charge in [0.15, 0.2) is 0 Å². The van der Waals surface area contributed by atoms with E-state index < -0.39 is 0 Å². The lowest BCUT2D eigenvalue weighted by Gasteiger charge is -1.97. The average Bonchev–Trinajstić information content (AvgIpc) is 1.93. The van der Waals surface area contributed by atoms with Gasteiger partial charge in [-0.15, -0.1) is 0 Å². The van der Waals surface area contributed by atoms with Crippen molar-refractivity contribution < 1.29 is 5.11 Å². The third kappa shape index (κ3) is 2.29. The Morgan fingerprint density at radius 2 is 1.91 bits per heavy atom. The van der Waals surface area contributed by atoms with Gasteiger partial charge in [0.25, 0.3) is 0 Å². The topological polar surface area (TPSA) is 70.1 Å². The summed E-state index contributed by atoms with van der Waals surface area (Å²) in [6.07, 6.45) is 1.51. The first-order chi connectivity index (χ1) is 5.18. The van der Waals surface area contributed by atoms with E-state index in [2.05, 4.69) is 0 Å². The molecule has 0 saturated heterocycles. The summed E-state index contributed by atoms with van der Waals surface area (Å²) in [6.45, 7) is 0. The number of phenolic OH excluding ortho intramolecular Hbond substituents is 1. The summed E-state index contributed by atoms with van der Waals surface area (Å²) in [4.78, 5) is 0. The average molecular weight is 149 g/mol. The van der Waals surface area contributed by atoms with E-state index in [4.69, 9.17) is 16.2 Å². The third-order valence-electron chi connectivity index (χ3n) is 1.22. The Hall–Kier alpha value is -1.51. The normalized spacial score (nSPS) is 9.45. The molecule has 0 bridgehead atoms. The molecule has 0 aliphatic carbocycles. The van der Waals surface area contributed by atoms with Gasteiger partial charge in [0.05, 0.1) is 12.3 Å². The summed E-state index contributed by atoms with van der Waals surface area (Å²) in [5.74, 6) is 0.224. The minimum absolute atomic E-state index is 0.00990. The van der Waals surface area contributed by atoms with Crippen molar-refractivity contribution in [2.75, 3.05) is 0 Å². The smallest absolute Gasteiger partial charge is 0.115 e. The van der Waals surface area contributed by atoms with Crippen LogP contribution >= 0.6 is 0 Å². The monoisotopic (exact) mass is 149 g/mol. The van der Waals surface area contributed by atoms with E-state index >= 15 is 0 Å². The number of nitrogens with two attached hydrogens (primary N) is 1. The van der Waals surface area contributed by atoms with Crippen LogP contribution in [0, 0.1) is 11.8 Å². The highest BCUT2D eigenvalue weighted by atomic mass is 16.3. The molecule has 0 heterocycles. The zero-order chi connectivity index (χ0) is 8.27. The molecule has 1 aromatic carbocycles. The van der Waals surface area contributed by atoms with Crippen LogP contribution in [0.15, 0.2) is 24.3 Å². The van der Waals surface area contributed by atoms with Gasteiger partial charge in [-0.25, -0.2) is 0 Å². The van der Waals surface area contributed by atoms with Crippen molar-refractivity contribution in [2.45, 2.75) is 0 Å². The van der Waals surface area contributed by atoms with Crippen LogP contribution in [0.1, 0.15) is 5.56 Å². The molecule has 1 rings (SSSR count). The van der Waals surface area contributed by atoms with Gasteiger partial charge >= 0.3 is 0 Å². The van der Waals surface area contributed by atoms with Crippen molar-refractivity contribution in [3.63, 3.8) is 0 Å². The Morgan fingerprint density at radius 3 is 2.36 bits per heavy atom. The summed E-state index contributed by atoms with van der Waals surface area (Å²) in [5.41, 5.74) is 5.94. The predicted molar refractivity (Wildman–Crippen MR) is 43.4 cm³/mol. The zero-order valence-electron chi connectivity index (χ0n) is 5.91. The molecule has 0 aromatic heterocycles. The second kappa shape index (κ2) is 3.05. The highest BCUT2D eigenvalue weighted by Crippen LogP contribution is 2.10. The van der Waals surface area contributed by atoms with Crippen molar-refractivity contribution in [2.24, 2.45) is 5.73 Å². The first-order valence-electron chi connectivity index (χ1n) is 3.16. The maximum atomic E-state index is 8.89. The lowest BCUT2D eigenvalue weighted by molar-refractivity contribution is 0.475. The fraction of sp³-hybridized carbons (Fsp3) is 0. The second-order valence-electron chi connectivity index (χ2n) is 2.19. The van der Waals surface area contributed by atoms with Gasteiger partial charge in [-0.05, 0) is 17.7 Å². The summed E-state index contributed by atoms with van der Waals surface area (Å²) < 4.78 is 0.